The average molecular weight is 564 g/mol. The van der Waals surface area contributed by atoms with Crippen LogP contribution in [0.1, 0.15) is 48.3 Å². The number of Topliss-reactive ketones (excluding diaryl/α,β-unsaturated/α-hetero) is 1. The molecule has 3 aromatic rings. The van der Waals surface area contributed by atoms with Gasteiger partial charge in [0.25, 0.3) is 0 Å². The molecular formula is C31H30FNO6S. The van der Waals surface area contributed by atoms with Crippen LogP contribution in [0.15, 0.2) is 66.7 Å². The summed E-state index contributed by atoms with van der Waals surface area (Å²) < 4.78 is 30.0. The van der Waals surface area contributed by atoms with E-state index in [1.165, 1.54) is 23.9 Å². The number of nitrogens with zero attached hydrogens (tertiary/aromatic N) is 1. The van der Waals surface area contributed by atoms with Gasteiger partial charge in [-0.2, -0.15) is 0 Å². The maximum atomic E-state index is 13.6. The lowest BCUT2D eigenvalue weighted by Gasteiger charge is -2.47. The van der Waals surface area contributed by atoms with Gasteiger partial charge in [0.1, 0.15) is 28.2 Å². The van der Waals surface area contributed by atoms with Crippen LogP contribution in [0.25, 0.3) is 0 Å². The number of amides is 1. The lowest BCUT2D eigenvalue weighted by molar-refractivity contribution is -0.157. The quantitative estimate of drug-likeness (QED) is 0.192. The number of rotatable bonds is 9. The summed E-state index contributed by atoms with van der Waals surface area (Å²) in [6, 6.07) is 18.0. The van der Waals surface area contributed by atoms with Crippen LogP contribution in [0.2, 0.25) is 0 Å². The zero-order valence-corrected chi connectivity index (χ0v) is 23.3. The molecule has 3 aromatic carbocycles. The monoisotopic (exact) mass is 563 g/mol. The SMILES string of the molecule is CC(C)(C)OC(=O)COc1ccc([C@@H]2[C@@H](SCC(=O)c3ccc4c(c3)OCC4)C(=O)N2c2ccc(F)cc2)cc1. The first-order valence-corrected chi connectivity index (χ1v) is 14.1. The lowest BCUT2D eigenvalue weighted by atomic mass is 9.92. The predicted octanol–water partition coefficient (Wildman–Crippen LogP) is 5.55. The third kappa shape index (κ3) is 6.14. The average Bonchev–Trinajstić information content (AvgIpc) is 3.39. The van der Waals surface area contributed by atoms with E-state index in [0.29, 0.717) is 23.6 Å². The van der Waals surface area contributed by atoms with Gasteiger partial charge in [0.2, 0.25) is 5.91 Å². The summed E-state index contributed by atoms with van der Waals surface area (Å²) in [4.78, 5) is 39.9. The summed E-state index contributed by atoms with van der Waals surface area (Å²) in [5.74, 6) is 0.240. The van der Waals surface area contributed by atoms with Crippen LogP contribution >= 0.6 is 11.8 Å². The number of ketones is 1. The van der Waals surface area contributed by atoms with Crippen LogP contribution < -0.4 is 14.4 Å². The zero-order valence-electron chi connectivity index (χ0n) is 22.5. The molecule has 0 radical (unpaired) electrons. The molecule has 0 bridgehead atoms. The minimum absolute atomic E-state index is 0.0824. The van der Waals surface area contributed by atoms with E-state index in [9.17, 15) is 18.8 Å². The minimum atomic E-state index is -0.604. The molecular weight excluding hydrogens is 533 g/mol. The molecule has 2 aliphatic rings. The number of ether oxygens (including phenoxy) is 3. The Morgan fingerprint density at radius 2 is 1.77 bits per heavy atom. The Labute approximate surface area is 236 Å². The van der Waals surface area contributed by atoms with E-state index in [1.54, 1.807) is 62.1 Å². The number of benzene rings is 3. The summed E-state index contributed by atoms with van der Waals surface area (Å²) in [6.07, 6.45) is 0.834. The fraction of sp³-hybridized carbons (Fsp3) is 0.323. The second-order valence-corrected chi connectivity index (χ2v) is 11.8. The fourth-order valence-corrected chi connectivity index (χ4v) is 5.92. The minimum Gasteiger partial charge on any atom is -0.493 e. The van der Waals surface area contributed by atoms with Gasteiger partial charge in [0.15, 0.2) is 12.4 Å². The first-order valence-electron chi connectivity index (χ1n) is 13.0. The van der Waals surface area contributed by atoms with Gasteiger partial charge in [-0.25, -0.2) is 9.18 Å². The molecule has 0 aromatic heterocycles. The summed E-state index contributed by atoms with van der Waals surface area (Å²) in [5, 5.41) is -0.506. The molecule has 0 aliphatic carbocycles. The Hall–Kier alpha value is -3.85. The number of β-lactam (4-membered cyclic amide) rings is 1. The Morgan fingerprint density at radius 3 is 2.48 bits per heavy atom. The molecule has 7 nitrogen and oxygen atoms in total. The number of thioether (sulfide) groups is 1. The van der Waals surface area contributed by atoms with E-state index < -0.39 is 22.6 Å². The molecule has 2 atom stereocenters. The molecule has 0 saturated carbocycles. The molecule has 9 heteroatoms. The Bertz CT molecular complexity index is 1420. The highest BCUT2D eigenvalue weighted by atomic mass is 32.2. The van der Waals surface area contributed by atoms with Crippen molar-refractivity contribution < 1.29 is 33.0 Å². The molecule has 1 saturated heterocycles. The van der Waals surface area contributed by atoms with Gasteiger partial charge in [0, 0.05) is 17.7 Å². The van der Waals surface area contributed by atoms with Crippen molar-refractivity contribution in [3.63, 3.8) is 0 Å². The Morgan fingerprint density at radius 1 is 1.05 bits per heavy atom. The zero-order chi connectivity index (χ0) is 28.4. The van der Waals surface area contributed by atoms with E-state index in [1.807, 2.05) is 18.2 Å². The predicted molar refractivity (Wildman–Crippen MR) is 151 cm³/mol. The standard InChI is InChI=1S/C31H30FNO6S/c1-31(2,3)39-27(35)17-38-24-12-6-20(7-13-24)28-29(30(36)33(28)23-10-8-22(32)9-11-23)40-18-25(34)21-5-4-19-14-15-37-26(19)16-21/h4-13,16,28-29H,14-15,17-18H2,1-3H3/t28-,29-/m1/s1. The topological polar surface area (TPSA) is 82.1 Å². The summed E-state index contributed by atoms with van der Waals surface area (Å²) in [5.41, 5.74) is 2.43. The van der Waals surface area contributed by atoms with Crippen molar-refractivity contribution in [2.75, 3.05) is 23.9 Å². The smallest absolute Gasteiger partial charge is 0.344 e. The van der Waals surface area contributed by atoms with Crippen LogP contribution in [0.3, 0.4) is 0 Å². The van der Waals surface area contributed by atoms with Crippen molar-refractivity contribution in [3.8, 4) is 11.5 Å². The Kier molecular flexibility index (Phi) is 7.85. The highest BCUT2D eigenvalue weighted by Crippen LogP contribution is 2.45. The van der Waals surface area contributed by atoms with Crippen LogP contribution in [-0.2, 0) is 20.7 Å². The molecule has 0 spiro atoms. The molecule has 40 heavy (non-hydrogen) atoms. The van der Waals surface area contributed by atoms with Crippen LogP contribution in [-0.4, -0.2) is 47.5 Å². The summed E-state index contributed by atoms with van der Waals surface area (Å²) >= 11 is 1.29. The number of anilines is 1. The number of esters is 1. The highest BCUT2D eigenvalue weighted by molar-refractivity contribution is 8.01. The molecule has 0 N–H and O–H groups in total. The van der Waals surface area contributed by atoms with Crippen LogP contribution in [0.4, 0.5) is 10.1 Å². The fourth-order valence-electron chi connectivity index (χ4n) is 4.70. The molecule has 2 aliphatic heterocycles. The maximum absolute atomic E-state index is 13.6. The van der Waals surface area contributed by atoms with Crippen molar-refractivity contribution in [1.82, 2.24) is 0 Å². The lowest BCUT2D eigenvalue weighted by Crippen LogP contribution is -2.57. The van der Waals surface area contributed by atoms with E-state index >= 15 is 0 Å². The highest BCUT2D eigenvalue weighted by Gasteiger charge is 2.49. The third-order valence-corrected chi connectivity index (χ3v) is 7.81. The number of halogens is 1. The van der Waals surface area contributed by atoms with Gasteiger partial charge in [-0.05, 0) is 74.4 Å². The van der Waals surface area contributed by atoms with Gasteiger partial charge in [0.05, 0.1) is 18.4 Å². The van der Waals surface area contributed by atoms with Crippen molar-refractivity contribution in [2.45, 2.75) is 44.1 Å². The van der Waals surface area contributed by atoms with Crippen molar-refractivity contribution in [1.29, 1.82) is 0 Å². The maximum Gasteiger partial charge on any atom is 0.344 e. The molecule has 1 amide bonds. The second kappa shape index (κ2) is 11.3. The van der Waals surface area contributed by atoms with Crippen molar-refractivity contribution >= 4 is 35.1 Å². The third-order valence-electron chi connectivity index (χ3n) is 6.56. The molecule has 5 rings (SSSR count). The van der Waals surface area contributed by atoms with Crippen molar-refractivity contribution in [2.24, 2.45) is 0 Å². The van der Waals surface area contributed by atoms with Crippen LogP contribution in [0, 0.1) is 5.82 Å². The van der Waals surface area contributed by atoms with Gasteiger partial charge in [-0.15, -0.1) is 11.8 Å². The van der Waals surface area contributed by atoms with E-state index in [-0.39, 0.29) is 30.1 Å². The second-order valence-electron chi connectivity index (χ2n) is 10.6. The van der Waals surface area contributed by atoms with Gasteiger partial charge in [-0.1, -0.05) is 24.3 Å². The molecule has 1 fully saturated rings. The molecule has 0 unspecified atom stereocenters. The molecule has 2 heterocycles. The number of hydrogen-bond donors (Lipinski definition) is 0. The normalized spacial score (nSPS) is 18.0. The first kappa shape index (κ1) is 27.7. The summed E-state index contributed by atoms with van der Waals surface area (Å²) in [6.45, 7) is 5.75. The Balaban J connectivity index is 1.30. The largest absolute Gasteiger partial charge is 0.493 e. The number of hydrogen-bond acceptors (Lipinski definition) is 7. The molecule has 208 valence electrons. The first-order chi connectivity index (χ1) is 19.1. The van der Waals surface area contributed by atoms with Gasteiger partial charge in [-0.3, -0.25) is 9.59 Å². The van der Waals surface area contributed by atoms with E-state index in [2.05, 4.69) is 0 Å². The number of carbonyl (C=O) groups is 3. The van der Waals surface area contributed by atoms with Gasteiger partial charge >= 0.3 is 5.97 Å². The number of fused-ring (bicyclic) bond motifs is 1. The number of carbonyl (C=O) groups excluding carboxylic acids is 3. The van der Waals surface area contributed by atoms with E-state index in [0.717, 1.165) is 23.3 Å². The van der Waals surface area contributed by atoms with Crippen molar-refractivity contribution in [3.05, 3.63) is 89.2 Å². The van der Waals surface area contributed by atoms with Crippen LogP contribution in [0.5, 0.6) is 11.5 Å². The van der Waals surface area contributed by atoms with E-state index in [4.69, 9.17) is 14.2 Å². The summed E-state index contributed by atoms with van der Waals surface area (Å²) in [7, 11) is 0. The van der Waals surface area contributed by atoms with Gasteiger partial charge < -0.3 is 19.1 Å².